The first-order chi connectivity index (χ1) is 17.3. The molecule has 3 amide bonds. The van der Waals surface area contributed by atoms with Crippen molar-refractivity contribution < 1.29 is 28.2 Å². The molecule has 0 bridgehead atoms. The van der Waals surface area contributed by atoms with E-state index < -0.39 is 23.5 Å². The van der Waals surface area contributed by atoms with E-state index in [2.05, 4.69) is 37.1 Å². The fourth-order valence-corrected chi connectivity index (χ4v) is 3.13. The van der Waals surface area contributed by atoms with Crippen LogP contribution in [-0.2, 0) is 20.9 Å². The number of carbonyl (C=O) groups excluding carboxylic acids is 3. The Morgan fingerprint density at radius 2 is 1.67 bits per heavy atom. The van der Waals surface area contributed by atoms with Crippen LogP contribution in [0, 0.1) is 5.82 Å². The second-order valence-electron chi connectivity index (χ2n) is 7.26. The summed E-state index contributed by atoms with van der Waals surface area (Å²) in [5.41, 5.74) is 3.62. The Labute approximate surface area is 214 Å². The van der Waals surface area contributed by atoms with Crippen molar-refractivity contribution in [2.24, 2.45) is 5.10 Å². The topological polar surface area (TPSA) is 118 Å². The minimum Gasteiger partial charge on any atom is -0.497 e. The van der Waals surface area contributed by atoms with E-state index in [1.165, 1.54) is 18.3 Å². The average Bonchev–Trinajstić information content (AvgIpc) is 2.88. The number of ether oxygens (including phenoxy) is 2. The van der Waals surface area contributed by atoms with Crippen molar-refractivity contribution in [3.63, 3.8) is 0 Å². The summed E-state index contributed by atoms with van der Waals surface area (Å²) in [6.07, 6.45) is 1.35. The van der Waals surface area contributed by atoms with Gasteiger partial charge in [0.25, 0.3) is 5.91 Å². The third-order valence-electron chi connectivity index (χ3n) is 4.65. The third kappa shape index (κ3) is 8.20. The van der Waals surface area contributed by atoms with Gasteiger partial charge in [-0.15, -0.1) is 0 Å². The Bertz CT molecular complexity index is 1250. The third-order valence-corrected chi connectivity index (χ3v) is 5.15. The van der Waals surface area contributed by atoms with E-state index in [1.807, 2.05) is 0 Å². The summed E-state index contributed by atoms with van der Waals surface area (Å²) in [4.78, 5) is 35.8. The van der Waals surface area contributed by atoms with Gasteiger partial charge in [0.1, 0.15) is 17.3 Å². The monoisotopic (exact) mass is 556 g/mol. The molecule has 3 N–H and O–H groups in total. The maximum atomic E-state index is 13.8. The molecule has 0 spiro atoms. The fraction of sp³-hybridized carbons (Fsp3) is 0.120. The maximum absolute atomic E-state index is 13.8. The normalized spacial score (nSPS) is 10.5. The number of halogens is 2. The largest absolute Gasteiger partial charge is 0.497 e. The lowest BCUT2D eigenvalue weighted by Gasteiger charge is -2.08. The van der Waals surface area contributed by atoms with E-state index in [4.69, 9.17) is 9.47 Å². The molecule has 0 aromatic heterocycles. The van der Waals surface area contributed by atoms with Gasteiger partial charge in [0, 0.05) is 11.0 Å². The molecule has 0 fully saturated rings. The van der Waals surface area contributed by atoms with Crippen molar-refractivity contribution in [2.75, 3.05) is 19.0 Å². The second-order valence-corrected chi connectivity index (χ2v) is 8.18. The van der Waals surface area contributed by atoms with Gasteiger partial charge in [0.2, 0.25) is 0 Å². The molecule has 0 saturated heterocycles. The van der Waals surface area contributed by atoms with Crippen molar-refractivity contribution in [3.05, 3.63) is 88.1 Å². The molecule has 0 saturated carbocycles. The van der Waals surface area contributed by atoms with E-state index in [0.29, 0.717) is 21.5 Å². The number of amides is 3. The summed E-state index contributed by atoms with van der Waals surface area (Å²) in [6, 6.07) is 17.8. The molecule has 0 aliphatic rings. The minimum absolute atomic E-state index is 0.0508. The van der Waals surface area contributed by atoms with Gasteiger partial charge in [-0.3, -0.25) is 14.4 Å². The summed E-state index contributed by atoms with van der Waals surface area (Å²) in [7, 11) is 1.56. The second kappa shape index (κ2) is 13.0. The Hall–Kier alpha value is -4.25. The van der Waals surface area contributed by atoms with Gasteiger partial charge in [-0.05, 0) is 65.7 Å². The lowest BCUT2D eigenvalue weighted by atomic mass is 10.2. The van der Waals surface area contributed by atoms with Gasteiger partial charge in [-0.25, -0.2) is 9.82 Å². The number of hydrogen-bond donors (Lipinski definition) is 3. The van der Waals surface area contributed by atoms with E-state index in [1.54, 1.807) is 61.7 Å². The molecule has 0 aliphatic carbocycles. The van der Waals surface area contributed by atoms with Crippen LogP contribution < -0.4 is 25.5 Å². The van der Waals surface area contributed by atoms with Crippen molar-refractivity contribution in [1.82, 2.24) is 10.7 Å². The molecule has 0 unspecified atom stereocenters. The van der Waals surface area contributed by atoms with Gasteiger partial charge in [0.05, 0.1) is 19.0 Å². The van der Waals surface area contributed by atoms with Crippen molar-refractivity contribution >= 4 is 45.6 Å². The Morgan fingerprint density at radius 1 is 0.972 bits per heavy atom. The van der Waals surface area contributed by atoms with Crippen molar-refractivity contribution in [1.29, 1.82) is 0 Å². The van der Waals surface area contributed by atoms with Gasteiger partial charge in [-0.1, -0.05) is 28.1 Å². The minimum atomic E-state index is -0.909. The predicted octanol–water partition coefficient (Wildman–Crippen LogP) is 3.38. The predicted molar refractivity (Wildman–Crippen MR) is 135 cm³/mol. The van der Waals surface area contributed by atoms with Gasteiger partial charge in [0.15, 0.2) is 6.61 Å². The molecule has 0 atom stereocenters. The lowest BCUT2D eigenvalue weighted by Crippen LogP contribution is -2.37. The standard InChI is InChI=1S/C25H22BrFN4O5/c1-35-19-7-2-16(3-8-19)13-28-24(33)25(34)31-29-14-17-4-9-20(10-5-17)36-15-23(32)30-22-11-6-18(26)12-21(22)27/h2-12,14H,13,15H2,1H3,(H,28,33)(H,30,32)(H,31,34)/b29-14-. The molecule has 186 valence electrons. The van der Waals surface area contributed by atoms with Crippen LogP contribution in [0.2, 0.25) is 0 Å². The summed E-state index contributed by atoms with van der Waals surface area (Å²) < 4.78 is 24.8. The SMILES string of the molecule is COc1ccc(CNC(=O)C(=O)N/N=C\c2ccc(OCC(=O)Nc3ccc(Br)cc3F)cc2)cc1. The summed E-state index contributed by atoms with van der Waals surface area (Å²) in [5.74, 6) is -1.73. The van der Waals surface area contributed by atoms with E-state index >= 15 is 0 Å². The number of rotatable bonds is 9. The molecule has 3 aromatic rings. The highest BCUT2D eigenvalue weighted by atomic mass is 79.9. The molecular weight excluding hydrogens is 535 g/mol. The highest BCUT2D eigenvalue weighted by Crippen LogP contribution is 2.19. The van der Waals surface area contributed by atoms with Crippen LogP contribution in [0.5, 0.6) is 11.5 Å². The number of hydrogen-bond acceptors (Lipinski definition) is 6. The number of anilines is 1. The molecule has 0 radical (unpaired) electrons. The molecule has 9 nitrogen and oxygen atoms in total. The Kier molecular flexibility index (Phi) is 9.52. The van der Waals surface area contributed by atoms with E-state index in [9.17, 15) is 18.8 Å². The number of nitrogens with one attached hydrogen (secondary N) is 3. The Balaban J connectivity index is 1.40. The fourth-order valence-electron chi connectivity index (χ4n) is 2.80. The molecule has 36 heavy (non-hydrogen) atoms. The first-order valence-corrected chi connectivity index (χ1v) is 11.4. The number of carbonyl (C=O) groups is 3. The van der Waals surface area contributed by atoms with E-state index in [-0.39, 0.29) is 18.8 Å². The zero-order chi connectivity index (χ0) is 25.9. The number of nitrogens with zero attached hydrogens (tertiary/aromatic N) is 1. The van der Waals surface area contributed by atoms with Gasteiger partial charge >= 0.3 is 11.8 Å². The summed E-state index contributed by atoms with van der Waals surface area (Å²) in [6.45, 7) is -0.137. The van der Waals surface area contributed by atoms with Crippen LogP contribution >= 0.6 is 15.9 Å². The van der Waals surface area contributed by atoms with Crippen LogP contribution in [0.3, 0.4) is 0 Å². The van der Waals surface area contributed by atoms with Crippen LogP contribution in [0.15, 0.2) is 76.3 Å². The van der Waals surface area contributed by atoms with Gasteiger partial charge < -0.3 is 20.1 Å². The summed E-state index contributed by atoms with van der Waals surface area (Å²) >= 11 is 3.15. The molecule has 11 heteroatoms. The van der Waals surface area contributed by atoms with Crippen molar-refractivity contribution in [2.45, 2.75) is 6.54 Å². The molecule has 3 aromatic carbocycles. The average molecular weight is 557 g/mol. The first kappa shape index (κ1) is 26.4. The van der Waals surface area contributed by atoms with Crippen LogP contribution in [0.1, 0.15) is 11.1 Å². The number of benzene rings is 3. The quantitative estimate of drug-likeness (QED) is 0.212. The maximum Gasteiger partial charge on any atom is 0.329 e. The highest BCUT2D eigenvalue weighted by Gasteiger charge is 2.12. The van der Waals surface area contributed by atoms with Crippen LogP contribution in [-0.4, -0.2) is 37.7 Å². The molecule has 0 heterocycles. The number of methoxy groups -OCH3 is 1. The number of hydrazone groups is 1. The lowest BCUT2D eigenvalue weighted by molar-refractivity contribution is -0.139. The zero-order valence-corrected chi connectivity index (χ0v) is 20.7. The molecular formula is C25H22BrFN4O5. The van der Waals surface area contributed by atoms with Crippen LogP contribution in [0.4, 0.5) is 10.1 Å². The van der Waals surface area contributed by atoms with Gasteiger partial charge in [-0.2, -0.15) is 5.10 Å². The highest BCUT2D eigenvalue weighted by molar-refractivity contribution is 9.10. The molecule has 0 aliphatic heterocycles. The molecule has 3 rings (SSSR count). The van der Waals surface area contributed by atoms with Crippen molar-refractivity contribution in [3.8, 4) is 11.5 Å². The van der Waals surface area contributed by atoms with Crippen LogP contribution in [0.25, 0.3) is 0 Å². The summed E-state index contributed by atoms with van der Waals surface area (Å²) in [5, 5.41) is 8.69. The first-order valence-electron chi connectivity index (χ1n) is 10.6. The van der Waals surface area contributed by atoms with E-state index in [0.717, 1.165) is 5.56 Å². The smallest absolute Gasteiger partial charge is 0.329 e. The Morgan fingerprint density at radius 3 is 2.33 bits per heavy atom. The zero-order valence-electron chi connectivity index (χ0n) is 19.1.